The second-order valence-electron chi connectivity index (χ2n) is 8.02. The van der Waals surface area contributed by atoms with Crippen LogP contribution < -0.4 is 5.32 Å². The number of nitrogens with zero attached hydrogens (tertiary/aromatic N) is 3. The van der Waals surface area contributed by atoms with Crippen molar-refractivity contribution in [1.82, 2.24) is 10.2 Å². The average Bonchev–Trinajstić information content (AvgIpc) is 2.55. The predicted molar refractivity (Wildman–Crippen MR) is 86.0 cm³/mol. The second kappa shape index (κ2) is 5.57. The first-order valence-electron chi connectivity index (χ1n) is 8.78. The molecule has 128 valence electrons. The Kier molecular flexibility index (Phi) is 3.92. The van der Waals surface area contributed by atoms with Crippen LogP contribution >= 0.6 is 0 Å². The summed E-state index contributed by atoms with van der Waals surface area (Å²) >= 11 is 0. The van der Waals surface area contributed by atoms with E-state index in [2.05, 4.69) is 31.3 Å². The van der Waals surface area contributed by atoms with Crippen molar-refractivity contribution in [1.29, 1.82) is 10.5 Å². The predicted octanol–water partition coefficient (Wildman–Crippen LogP) is 1.58. The molecule has 3 aliphatic rings. The van der Waals surface area contributed by atoms with E-state index < -0.39 is 28.1 Å². The van der Waals surface area contributed by atoms with E-state index in [0.717, 1.165) is 19.3 Å². The van der Waals surface area contributed by atoms with Gasteiger partial charge in [0, 0.05) is 25.0 Å². The van der Waals surface area contributed by atoms with Crippen LogP contribution in [0.2, 0.25) is 0 Å². The number of carbonyl (C=O) groups is 2. The van der Waals surface area contributed by atoms with Crippen molar-refractivity contribution in [2.24, 2.45) is 22.2 Å². The maximum absolute atomic E-state index is 12.8. The van der Waals surface area contributed by atoms with Crippen molar-refractivity contribution in [2.45, 2.75) is 46.0 Å². The van der Waals surface area contributed by atoms with Crippen LogP contribution in [0.5, 0.6) is 0 Å². The van der Waals surface area contributed by atoms with Gasteiger partial charge < -0.3 is 0 Å². The number of hydrogen-bond donors (Lipinski definition) is 1. The summed E-state index contributed by atoms with van der Waals surface area (Å²) in [7, 11) is 0. The number of imide groups is 1. The molecule has 2 aliphatic heterocycles. The van der Waals surface area contributed by atoms with Crippen LogP contribution in [0.1, 0.15) is 46.0 Å². The molecule has 2 heterocycles. The highest BCUT2D eigenvalue weighted by Crippen LogP contribution is 2.64. The van der Waals surface area contributed by atoms with E-state index in [1.54, 1.807) is 0 Å². The molecular formula is C18H24N4O2. The molecule has 6 nitrogen and oxygen atoms in total. The molecule has 6 heteroatoms. The summed E-state index contributed by atoms with van der Waals surface area (Å²) < 4.78 is 0. The van der Waals surface area contributed by atoms with E-state index in [0.29, 0.717) is 38.4 Å². The number of amides is 2. The molecule has 24 heavy (non-hydrogen) atoms. The average molecular weight is 328 g/mol. The summed E-state index contributed by atoms with van der Waals surface area (Å²) in [4.78, 5) is 27.7. The van der Waals surface area contributed by atoms with Gasteiger partial charge in [-0.05, 0) is 18.8 Å². The summed E-state index contributed by atoms with van der Waals surface area (Å²) in [6, 6.07) is 4.57. The van der Waals surface area contributed by atoms with E-state index in [1.807, 2.05) is 4.90 Å². The number of hydrogen-bond acceptors (Lipinski definition) is 5. The van der Waals surface area contributed by atoms with Gasteiger partial charge in [-0.25, -0.2) is 0 Å². The Bertz CT molecular complexity index is 609. The van der Waals surface area contributed by atoms with Crippen molar-refractivity contribution >= 4 is 11.8 Å². The standard InChI is InChI=1S/C18H24N4O2/c1-13(2)8-22-11-16(9-19)14(23)21-15(24)17(10-20,12-22)18(16)6-4-3-5-7-18/h13H,3-8,11-12H2,1-2H3,(H,21,23,24). The summed E-state index contributed by atoms with van der Waals surface area (Å²) in [6.45, 7) is 5.40. The smallest absolute Gasteiger partial charge is 0.249 e. The summed E-state index contributed by atoms with van der Waals surface area (Å²) in [5, 5.41) is 22.5. The van der Waals surface area contributed by atoms with Crippen molar-refractivity contribution in [3.8, 4) is 12.1 Å². The molecule has 2 bridgehead atoms. The first-order chi connectivity index (χ1) is 11.4. The lowest BCUT2D eigenvalue weighted by Gasteiger charge is -2.62. The third-order valence-corrected chi connectivity index (χ3v) is 6.27. The molecule has 0 aromatic rings. The SMILES string of the molecule is CC(C)CN1CC2(C#N)C(=O)NC(=O)C(C#N)(C1)C21CCCCC1. The highest BCUT2D eigenvalue weighted by molar-refractivity contribution is 6.08. The maximum atomic E-state index is 12.8. The molecule has 2 saturated heterocycles. The van der Waals surface area contributed by atoms with Crippen molar-refractivity contribution in [2.75, 3.05) is 19.6 Å². The minimum absolute atomic E-state index is 0.310. The van der Waals surface area contributed by atoms with Crippen molar-refractivity contribution in [3.05, 3.63) is 0 Å². The Balaban J connectivity index is 2.20. The zero-order chi connectivity index (χ0) is 17.6. The van der Waals surface area contributed by atoms with E-state index >= 15 is 0 Å². The fraction of sp³-hybridized carbons (Fsp3) is 0.778. The minimum atomic E-state index is -1.32. The van der Waals surface area contributed by atoms with Gasteiger partial charge in [-0.3, -0.25) is 19.8 Å². The van der Waals surface area contributed by atoms with Crippen LogP contribution in [0.3, 0.4) is 0 Å². The second-order valence-corrected chi connectivity index (χ2v) is 8.02. The lowest BCUT2D eigenvalue weighted by Crippen LogP contribution is -2.78. The number of rotatable bonds is 2. The van der Waals surface area contributed by atoms with Crippen LogP contribution in [-0.2, 0) is 9.59 Å². The molecule has 1 spiro atoms. The molecule has 1 N–H and O–H groups in total. The van der Waals surface area contributed by atoms with Gasteiger partial charge in [0.2, 0.25) is 11.8 Å². The Morgan fingerprint density at radius 2 is 1.54 bits per heavy atom. The van der Waals surface area contributed by atoms with Crippen LogP contribution in [0.15, 0.2) is 0 Å². The molecule has 1 aliphatic carbocycles. The highest BCUT2D eigenvalue weighted by Gasteiger charge is 2.75. The Hall–Kier alpha value is -1.92. The molecule has 2 unspecified atom stereocenters. The molecule has 0 radical (unpaired) electrons. The maximum Gasteiger partial charge on any atom is 0.249 e. The molecule has 2 atom stereocenters. The number of carbonyl (C=O) groups excluding carboxylic acids is 2. The molecule has 1 saturated carbocycles. The molecule has 0 aromatic heterocycles. The quantitative estimate of drug-likeness (QED) is 0.776. The van der Waals surface area contributed by atoms with Gasteiger partial charge in [-0.15, -0.1) is 0 Å². The fourth-order valence-corrected chi connectivity index (χ4v) is 5.33. The zero-order valence-corrected chi connectivity index (χ0v) is 14.4. The number of piperidine rings is 2. The Labute approximate surface area is 142 Å². The molecular weight excluding hydrogens is 304 g/mol. The number of nitrogens with one attached hydrogen (secondary N) is 1. The monoisotopic (exact) mass is 328 g/mol. The van der Waals surface area contributed by atoms with Gasteiger partial charge in [0.15, 0.2) is 10.8 Å². The summed E-state index contributed by atoms with van der Waals surface area (Å²) in [5.41, 5.74) is -3.48. The van der Waals surface area contributed by atoms with Crippen LogP contribution in [0, 0.1) is 44.8 Å². The highest BCUT2D eigenvalue weighted by atomic mass is 16.2. The normalized spacial score (nSPS) is 35.4. The van der Waals surface area contributed by atoms with E-state index in [1.165, 1.54) is 0 Å². The van der Waals surface area contributed by atoms with Gasteiger partial charge in [-0.1, -0.05) is 33.1 Å². The lowest BCUT2D eigenvalue weighted by atomic mass is 9.42. The van der Waals surface area contributed by atoms with E-state index in [4.69, 9.17) is 0 Å². The first-order valence-corrected chi connectivity index (χ1v) is 8.78. The topological polar surface area (TPSA) is 97.0 Å². The summed E-state index contributed by atoms with van der Waals surface area (Å²) in [5.74, 6) is -0.678. The number of likely N-dealkylation sites (tertiary alicyclic amines) is 1. The molecule has 2 amide bonds. The van der Waals surface area contributed by atoms with Crippen LogP contribution in [0.25, 0.3) is 0 Å². The Morgan fingerprint density at radius 3 is 1.96 bits per heavy atom. The summed E-state index contributed by atoms with van der Waals surface area (Å²) in [6.07, 6.45) is 3.94. The van der Waals surface area contributed by atoms with Gasteiger partial charge in [-0.2, -0.15) is 10.5 Å². The zero-order valence-electron chi connectivity index (χ0n) is 14.4. The minimum Gasteiger partial charge on any atom is -0.299 e. The third-order valence-electron chi connectivity index (χ3n) is 6.27. The number of nitriles is 2. The van der Waals surface area contributed by atoms with E-state index in [9.17, 15) is 20.1 Å². The van der Waals surface area contributed by atoms with Gasteiger partial charge >= 0.3 is 0 Å². The third kappa shape index (κ3) is 1.90. The first kappa shape index (κ1) is 16.9. The molecule has 0 aromatic carbocycles. The van der Waals surface area contributed by atoms with E-state index in [-0.39, 0.29) is 0 Å². The van der Waals surface area contributed by atoms with Gasteiger partial charge in [0.05, 0.1) is 12.1 Å². The van der Waals surface area contributed by atoms with Gasteiger partial charge in [0.1, 0.15) is 0 Å². The fourth-order valence-electron chi connectivity index (χ4n) is 5.33. The van der Waals surface area contributed by atoms with Crippen molar-refractivity contribution < 1.29 is 9.59 Å². The molecule has 3 fully saturated rings. The van der Waals surface area contributed by atoms with Crippen molar-refractivity contribution in [3.63, 3.8) is 0 Å². The molecule has 3 rings (SSSR count). The van der Waals surface area contributed by atoms with Crippen LogP contribution in [-0.4, -0.2) is 36.3 Å². The Morgan fingerprint density at radius 1 is 1.04 bits per heavy atom. The van der Waals surface area contributed by atoms with Crippen LogP contribution in [0.4, 0.5) is 0 Å². The van der Waals surface area contributed by atoms with Gasteiger partial charge in [0.25, 0.3) is 0 Å². The largest absolute Gasteiger partial charge is 0.299 e. The lowest BCUT2D eigenvalue weighted by molar-refractivity contribution is -0.185.